The van der Waals surface area contributed by atoms with Crippen LogP contribution in [0.3, 0.4) is 0 Å². The predicted octanol–water partition coefficient (Wildman–Crippen LogP) is 2.91. The van der Waals surface area contributed by atoms with Gasteiger partial charge >= 0.3 is 0 Å². The van der Waals surface area contributed by atoms with Crippen molar-refractivity contribution in [1.29, 1.82) is 0 Å². The summed E-state index contributed by atoms with van der Waals surface area (Å²) in [5, 5.41) is 0. The number of aryl methyl sites for hydroxylation is 1. The van der Waals surface area contributed by atoms with Crippen LogP contribution in [0.25, 0.3) is 0 Å². The lowest BCUT2D eigenvalue weighted by Crippen LogP contribution is -2.42. The summed E-state index contributed by atoms with van der Waals surface area (Å²) in [5.41, 5.74) is 3.28. The van der Waals surface area contributed by atoms with Crippen LogP contribution in [0.15, 0.2) is 41.3 Å². The van der Waals surface area contributed by atoms with Gasteiger partial charge in [0, 0.05) is 19.1 Å². The highest BCUT2D eigenvalue weighted by molar-refractivity contribution is 7.89. The van der Waals surface area contributed by atoms with Crippen molar-refractivity contribution in [3.63, 3.8) is 0 Å². The summed E-state index contributed by atoms with van der Waals surface area (Å²) >= 11 is 0. The number of fused-ring (bicyclic) bond motifs is 1. The third kappa shape index (κ3) is 4.16. The van der Waals surface area contributed by atoms with Gasteiger partial charge < -0.3 is 9.47 Å². The minimum atomic E-state index is -3.57. The molecule has 0 aromatic heterocycles. The molecule has 152 valence electrons. The number of ether oxygens (including phenoxy) is 2. The Labute approximate surface area is 167 Å². The van der Waals surface area contributed by atoms with Crippen molar-refractivity contribution >= 4 is 10.0 Å². The highest BCUT2D eigenvalue weighted by atomic mass is 32.2. The van der Waals surface area contributed by atoms with Crippen LogP contribution < -0.4 is 14.2 Å². The molecule has 0 fully saturated rings. The Kier molecular flexibility index (Phi) is 6.27. The first-order valence-electron chi connectivity index (χ1n) is 9.44. The van der Waals surface area contributed by atoms with Crippen molar-refractivity contribution in [1.82, 2.24) is 9.62 Å². The standard InChI is InChI=1S/C21H28N2O4S/c1-5-23-11-10-16-12-20(26-3)21(27-4)13-18(16)19(23)14-22-28(24,25)17-8-6-15(2)7-9-17/h6-9,12-13,19,22H,5,10-11,14H2,1-4H3. The Morgan fingerprint density at radius 1 is 1.11 bits per heavy atom. The Morgan fingerprint density at radius 3 is 2.36 bits per heavy atom. The number of sulfonamides is 1. The number of nitrogens with zero attached hydrogens (tertiary/aromatic N) is 1. The first kappa shape index (κ1) is 20.6. The van der Waals surface area contributed by atoms with E-state index in [2.05, 4.69) is 16.5 Å². The fourth-order valence-electron chi connectivity index (χ4n) is 3.69. The average Bonchev–Trinajstić information content (AvgIpc) is 2.71. The van der Waals surface area contributed by atoms with Gasteiger partial charge in [0.15, 0.2) is 11.5 Å². The summed E-state index contributed by atoms with van der Waals surface area (Å²) in [6.07, 6.45) is 0.894. The van der Waals surface area contributed by atoms with E-state index in [1.54, 1.807) is 38.5 Å². The van der Waals surface area contributed by atoms with Gasteiger partial charge in [-0.25, -0.2) is 13.1 Å². The number of rotatable bonds is 7. The van der Waals surface area contributed by atoms with Crippen LogP contribution in [-0.4, -0.2) is 47.2 Å². The first-order valence-corrected chi connectivity index (χ1v) is 10.9. The molecule has 0 saturated carbocycles. The summed E-state index contributed by atoms with van der Waals surface area (Å²) in [6.45, 7) is 6.03. The zero-order valence-electron chi connectivity index (χ0n) is 16.9. The SMILES string of the molecule is CCN1CCc2cc(OC)c(OC)cc2C1CNS(=O)(=O)c1ccc(C)cc1. The predicted molar refractivity (Wildman–Crippen MR) is 110 cm³/mol. The molecule has 0 spiro atoms. The molecule has 1 aliphatic heterocycles. The maximum absolute atomic E-state index is 12.7. The molecule has 1 atom stereocenters. The fourth-order valence-corrected chi connectivity index (χ4v) is 4.73. The Bertz CT molecular complexity index is 926. The largest absolute Gasteiger partial charge is 0.493 e. The quantitative estimate of drug-likeness (QED) is 0.769. The van der Waals surface area contributed by atoms with E-state index in [-0.39, 0.29) is 10.9 Å². The van der Waals surface area contributed by atoms with E-state index in [1.807, 2.05) is 19.1 Å². The smallest absolute Gasteiger partial charge is 0.240 e. The molecule has 0 radical (unpaired) electrons. The lowest BCUT2D eigenvalue weighted by atomic mass is 9.92. The number of nitrogens with one attached hydrogen (secondary N) is 1. The van der Waals surface area contributed by atoms with Crippen LogP contribution in [0.1, 0.15) is 29.7 Å². The van der Waals surface area contributed by atoms with Crippen LogP contribution in [0.2, 0.25) is 0 Å². The van der Waals surface area contributed by atoms with Crippen molar-refractivity contribution in [2.24, 2.45) is 0 Å². The summed E-state index contributed by atoms with van der Waals surface area (Å²) in [5.74, 6) is 1.36. The maximum Gasteiger partial charge on any atom is 0.240 e. The van der Waals surface area contributed by atoms with Crippen LogP contribution in [0.4, 0.5) is 0 Å². The molecule has 28 heavy (non-hydrogen) atoms. The lowest BCUT2D eigenvalue weighted by molar-refractivity contribution is 0.195. The highest BCUT2D eigenvalue weighted by Crippen LogP contribution is 2.37. The third-order valence-electron chi connectivity index (χ3n) is 5.32. The molecule has 7 heteroatoms. The van der Waals surface area contributed by atoms with Crippen molar-refractivity contribution in [2.75, 3.05) is 33.9 Å². The maximum atomic E-state index is 12.7. The highest BCUT2D eigenvalue weighted by Gasteiger charge is 2.29. The van der Waals surface area contributed by atoms with E-state index in [0.717, 1.165) is 30.6 Å². The number of likely N-dealkylation sites (N-methyl/N-ethyl adjacent to an activating group) is 1. The van der Waals surface area contributed by atoms with Gasteiger partial charge in [0.2, 0.25) is 10.0 Å². The van der Waals surface area contributed by atoms with Gasteiger partial charge in [0.05, 0.1) is 19.1 Å². The summed E-state index contributed by atoms with van der Waals surface area (Å²) < 4.78 is 39.2. The first-order chi connectivity index (χ1) is 13.4. The van der Waals surface area contributed by atoms with Gasteiger partial charge in [0.1, 0.15) is 0 Å². The molecule has 1 heterocycles. The van der Waals surface area contributed by atoms with E-state index >= 15 is 0 Å². The number of hydrogen-bond acceptors (Lipinski definition) is 5. The summed E-state index contributed by atoms with van der Waals surface area (Å²) in [6, 6.07) is 10.8. The molecule has 0 bridgehead atoms. The van der Waals surface area contributed by atoms with E-state index < -0.39 is 10.0 Å². The normalized spacial score (nSPS) is 17.2. The number of benzene rings is 2. The van der Waals surface area contributed by atoms with Gasteiger partial charge in [-0.2, -0.15) is 0 Å². The Hall–Kier alpha value is -2.09. The van der Waals surface area contributed by atoms with E-state index in [0.29, 0.717) is 18.0 Å². The Morgan fingerprint density at radius 2 is 1.75 bits per heavy atom. The Balaban J connectivity index is 1.89. The molecular weight excluding hydrogens is 376 g/mol. The van der Waals surface area contributed by atoms with Gasteiger partial charge in [0.25, 0.3) is 0 Å². The van der Waals surface area contributed by atoms with Crippen LogP contribution in [-0.2, 0) is 16.4 Å². The minimum Gasteiger partial charge on any atom is -0.493 e. The lowest BCUT2D eigenvalue weighted by Gasteiger charge is -2.37. The summed E-state index contributed by atoms with van der Waals surface area (Å²) in [4.78, 5) is 2.57. The minimum absolute atomic E-state index is 0.0613. The van der Waals surface area contributed by atoms with Crippen molar-refractivity contribution in [2.45, 2.75) is 31.2 Å². The van der Waals surface area contributed by atoms with Gasteiger partial charge in [-0.3, -0.25) is 4.90 Å². The van der Waals surface area contributed by atoms with Crippen molar-refractivity contribution in [3.8, 4) is 11.5 Å². The molecule has 2 aromatic rings. The molecule has 6 nitrogen and oxygen atoms in total. The van der Waals surface area contributed by atoms with Gasteiger partial charge in [-0.05, 0) is 55.3 Å². The fraction of sp³-hybridized carbons (Fsp3) is 0.429. The zero-order chi connectivity index (χ0) is 20.3. The second-order valence-electron chi connectivity index (χ2n) is 6.97. The molecule has 0 aliphatic carbocycles. The zero-order valence-corrected chi connectivity index (χ0v) is 17.7. The molecule has 0 amide bonds. The number of methoxy groups -OCH3 is 2. The monoisotopic (exact) mass is 404 g/mol. The van der Waals surface area contributed by atoms with Crippen LogP contribution in [0, 0.1) is 6.92 Å². The molecule has 1 aliphatic rings. The molecular formula is C21H28N2O4S. The molecule has 1 N–H and O–H groups in total. The molecule has 3 rings (SSSR count). The van der Waals surface area contributed by atoms with E-state index in [4.69, 9.17) is 9.47 Å². The van der Waals surface area contributed by atoms with Crippen LogP contribution in [0.5, 0.6) is 11.5 Å². The van der Waals surface area contributed by atoms with E-state index in [9.17, 15) is 8.42 Å². The van der Waals surface area contributed by atoms with Gasteiger partial charge in [-0.1, -0.05) is 24.6 Å². The van der Waals surface area contributed by atoms with Crippen molar-refractivity contribution < 1.29 is 17.9 Å². The second-order valence-corrected chi connectivity index (χ2v) is 8.73. The van der Waals surface area contributed by atoms with Crippen molar-refractivity contribution in [3.05, 3.63) is 53.1 Å². The molecule has 0 saturated heterocycles. The number of hydrogen-bond donors (Lipinski definition) is 1. The van der Waals surface area contributed by atoms with Crippen LogP contribution >= 0.6 is 0 Å². The molecule has 2 aromatic carbocycles. The van der Waals surface area contributed by atoms with E-state index in [1.165, 1.54) is 5.56 Å². The summed E-state index contributed by atoms with van der Waals surface area (Å²) in [7, 11) is -0.337. The third-order valence-corrected chi connectivity index (χ3v) is 6.76. The molecule has 1 unspecified atom stereocenters. The van der Waals surface area contributed by atoms with Gasteiger partial charge in [-0.15, -0.1) is 0 Å². The second kappa shape index (κ2) is 8.51. The average molecular weight is 405 g/mol. The topological polar surface area (TPSA) is 67.9 Å².